The molecule has 0 unspecified atom stereocenters. The highest BCUT2D eigenvalue weighted by Gasteiger charge is 2.17. The zero-order chi connectivity index (χ0) is 21.4. The van der Waals surface area contributed by atoms with E-state index in [0.717, 1.165) is 0 Å². The van der Waals surface area contributed by atoms with Gasteiger partial charge < -0.3 is 9.47 Å². The molecule has 0 atom stereocenters. The standard InChI is InChI=1S/C20H22ClN3O5/c1-20(2,3)29-19(27)22-14-8-6-7-13(11-14)18(26)24-23-17(25)12-28-16-10-5-4-9-15(16)21/h4-11H,12H2,1-3H3,(H,22,27)(H,23,25)(H,24,26). The highest BCUT2D eigenvalue weighted by atomic mass is 35.5. The highest BCUT2D eigenvalue weighted by Crippen LogP contribution is 2.22. The number of hydrogen-bond acceptors (Lipinski definition) is 5. The number of anilines is 1. The van der Waals surface area contributed by atoms with Crippen LogP contribution in [0, 0.1) is 0 Å². The van der Waals surface area contributed by atoms with Crippen LogP contribution in [0.3, 0.4) is 0 Å². The second-order valence-corrected chi connectivity index (χ2v) is 7.34. The van der Waals surface area contributed by atoms with E-state index in [2.05, 4.69) is 16.2 Å². The Labute approximate surface area is 173 Å². The van der Waals surface area contributed by atoms with Gasteiger partial charge in [0, 0.05) is 11.3 Å². The summed E-state index contributed by atoms with van der Waals surface area (Å²) in [6.45, 7) is 4.90. The first-order chi connectivity index (χ1) is 13.6. The average molecular weight is 420 g/mol. The van der Waals surface area contributed by atoms with E-state index < -0.39 is 23.5 Å². The third kappa shape index (κ3) is 7.71. The van der Waals surface area contributed by atoms with Crippen molar-refractivity contribution in [2.45, 2.75) is 26.4 Å². The van der Waals surface area contributed by atoms with Crippen molar-refractivity contribution in [3.05, 3.63) is 59.1 Å². The molecule has 2 rings (SSSR count). The molecule has 0 spiro atoms. The molecule has 0 aromatic heterocycles. The molecule has 0 aliphatic rings. The van der Waals surface area contributed by atoms with Crippen LogP contribution < -0.4 is 20.9 Å². The topological polar surface area (TPSA) is 106 Å². The normalized spacial score (nSPS) is 10.6. The first kappa shape index (κ1) is 22.0. The Balaban J connectivity index is 1.85. The van der Waals surface area contributed by atoms with Gasteiger partial charge in [-0.15, -0.1) is 0 Å². The highest BCUT2D eigenvalue weighted by molar-refractivity contribution is 6.32. The number of carbonyl (C=O) groups excluding carboxylic acids is 3. The molecule has 3 amide bonds. The molecule has 0 saturated carbocycles. The molecule has 0 aliphatic carbocycles. The van der Waals surface area contributed by atoms with Gasteiger partial charge in [0.2, 0.25) is 0 Å². The Morgan fingerprint density at radius 1 is 1.00 bits per heavy atom. The molecule has 0 radical (unpaired) electrons. The molecule has 8 nitrogen and oxygen atoms in total. The summed E-state index contributed by atoms with van der Waals surface area (Å²) in [6.07, 6.45) is -0.639. The predicted octanol–water partition coefficient (Wildman–Crippen LogP) is 3.53. The van der Waals surface area contributed by atoms with Crippen LogP contribution in [0.4, 0.5) is 10.5 Å². The molecule has 29 heavy (non-hydrogen) atoms. The Kier molecular flexibility index (Phi) is 7.44. The maximum absolute atomic E-state index is 12.2. The van der Waals surface area contributed by atoms with Crippen molar-refractivity contribution >= 4 is 35.2 Å². The third-order valence-corrected chi connectivity index (χ3v) is 3.59. The van der Waals surface area contributed by atoms with E-state index in [1.165, 1.54) is 12.1 Å². The van der Waals surface area contributed by atoms with Gasteiger partial charge in [-0.1, -0.05) is 29.8 Å². The van der Waals surface area contributed by atoms with Gasteiger partial charge in [-0.3, -0.25) is 25.8 Å². The average Bonchev–Trinajstić information content (AvgIpc) is 2.64. The van der Waals surface area contributed by atoms with Crippen molar-refractivity contribution in [3.63, 3.8) is 0 Å². The van der Waals surface area contributed by atoms with Crippen molar-refractivity contribution < 1.29 is 23.9 Å². The number of ether oxygens (including phenoxy) is 2. The zero-order valence-corrected chi connectivity index (χ0v) is 17.0. The van der Waals surface area contributed by atoms with Gasteiger partial charge in [-0.2, -0.15) is 0 Å². The van der Waals surface area contributed by atoms with Crippen LogP contribution in [-0.4, -0.2) is 30.1 Å². The first-order valence-electron chi connectivity index (χ1n) is 8.70. The Morgan fingerprint density at radius 3 is 2.41 bits per heavy atom. The van der Waals surface area contributed by atoms with Crippen LogP contribution in [0.1, 0.15) is 31.1 Å². The lowest BCUT2D eigenvalue weighted by Gasteiger charge is -2.19. The molecule has 154 valence electrons. The fraction of sp³-hybridized carbons (Fsp3) is 0.250. The van der Waals surface area contributed by atoms with Crippen molar-refractivity contribution in [2.24, 2.45) is 0 Å². The second-order valence-electron chi connectivity index (χ2n) is 6.93. The minimum atomic E-state index is -0.643. The van der Waals surface area contributed by atoms with E-state index in [1.54, 1.807) is 57.2 Å². The monoisotopic (exact) mass is 419 g/mol. The quantitative estimate of drug-likeness (QED) is 0.643. The van der Waals surface area contributed by atoms with E-state index in [4.69, 9.17) is 21.1 Å². The smallest absolute Gasteiger partial charge is 0.412 e. The van der Waals surface area contributed by atoms with E-state index in [0.29, 0.717) is 16.5 Å². The Morgan fingerprint density at radius 2 is 1.72 bits per heavy atom. The predicted molar refractivity (Wildman–Crippen MR) is 109 cm³/mol. The summed E-state index contributed by atoms with van der Waals surface area (Å²) in [5.41, 5.74) is 4.48. The number of hydrazine groups is 1. The number of carbonyl (C=O) groups is 3. The SMILES string of the molecule is CC(C)(C)OC(=O)Nc1cccc(C(=O)NNC(=O)COc2ccccc2Cl)c1. The lowest BCUT2D eigenvalue weighted by molar-refractivity contribution is -0.123. The summed E-state index contributed by atoms with van der Waals surface area (Å²) >= 11 is 5.94. The lowest BCUT2D eigenvalue weighted by atomic mass is 10.2. The molecule has 0 saturated heterocycles. The van der Waals surface area contributed by atoms with Crippen LogP contribution in [0.25, 0.3) is 0 Å². The van der Waals surface area contributed by atoms with Crippen molar-refractivity contribution in [1.82, 2.24) is 10.9 Å². The number of halogens is 1. The van der Waals surface area contributed by atoms with E-state index in [9.17, 15) is 14.4 Å². The molecule has 0 heterocycles. The number of para-hydroxylation sites is 1. The van der Waals surface area contributed by atoms with E-state index in [-0.39, 0.29) is 12.2 Å². The maximum atomic E-state index is 12.2. The Hall–Kier alpha value is -3.26. The minimum Gasteiger partial charge on any atom is -0.482 e. The van der Waals surface area contributed by atoms with Gasteiger partial charge in [0.05, 0.1) is 5.02 Å². The molecule has 2 aromatic rings. The van der Waals surface area contributed by atoms with Gasteiger partial charge in [0.1, 0.15) is 11.4 Å². The fourth-order valence-corrected chi connectivity index (χ4v) is 2.29. The van der Waals surface area contributed by atoms with Gasteiger partial charge in [-0.05, 0) is 51.1 Å². The van der Waals surface area contributed by atoms with Crippen LogP contribution >= 0.6 is 11.6 Å². The maximum Gasteiger partial charge on any atom is 0.412 e. The van der Waals surface area contributed by atoms with Gasteiger partial charge in [0.25, 0.3) is 11.8 Å². The molecule has 3 N–H and O–H groups in total. The van der Waals surface area contributed by atoms with Gasteiger partial charge >= 0.3 is 6.09 Å². The van der Waals surface area contributed by atoms with Crippen molar-refractivity contribution in [2.75, 3.05) is 11.9 Å². The van der Waals surface area contributed by atoms with Gasteiger partial charge in [-0.25, -0.2) is 4.79 Å². The third-order valence-electron chi connectivity index (χ3n) is 3.28. The molecule has 0 bridgehead atoms. The lowest BCUT2D eigenvalue weighted by Crippen LogP contribution is -2.43. The molecule has 0 aliphatic heterocycles. The number of nitrogens with one attached hydrogen (secondary N) is 3. The molecule has 0 fully saturated rings. The second kappa shape index (κ2) is 9.79. The summed E-state index contributed by atoms with van der Waals surface area (Å²) in [5.74, 6) is -0.776. The summed E-state index contributed by atoms with van der Waals surface area (Å²) in [4.78, 5) is 35.9. The van der Waals surface area contributed by atoms with Crippen molar-refractivity contribution in [1.29, 1.82) is 0 Å². The molecular weight excluding hydrogens is 398 g/mol. The van der Waals surface area contributed by atoms with Crippen LogP contribution in [0.5, 0.6) is 5.75 Å². The molecule has 2 aromatic carbocycles. The number of amides is 3. The number of benzene rings is 2. The van der Waals surface area contributed by atoms with E-state index in [1.807, 2.05) is 0 Å². The summed E-state index contributed by atoms with van der Waals surface area (Å²) in [6, 6.07) is 12.9. The largest absolute Gasteiger partial charge is 0.482 e. The summed E-state index contributed by atoms with van der Waals surface area (Å²) in [5, 5.41) is 2.92. The Bertz CT molecular complexity index is 896. The van der Waals surface area contributed by atoms with Crippen LogP contribution in [0.15, 0.2) is 48.5 Å². The van der Waals surface area contributed by atoms with Crippen LogP contribution in [-0.2, 0) is 9.53 Å². The summed E-state index contributed by atoms with van der Waals surface area (Å²) in [7, 11) is 0. The fourth-order valence-electron chi connectivity index (χ4n) is 2.10. The van der Waals surface area contributed by atoms with Crippen molar-refractivity contribution in [3.8, 4) is 5.75 Å². The minimum absolute atomic E-state index is 0.228. The van der Waals surface area contributed by atoms with Gasteiger partial charge in [0.15, 0.2) is 6.61 Å². The van der Waals surface area contributed by atoms with Crippen LogP contribution in [0.2, 0.25) is 5.02 Å². The number of hydrogen-bond donors (Lipinski definition) is 3. The molecule has 9 heteroatoms. The van der Waals surface area contributed by atoms with E-state index >= 15 is 0 Å². The zero-order valence-electron chi connectivity index (χ0n) is 16.2. The molecular formula is C20H22ClN3O5. The summed E-state index contributed by atoms with van der Waals surface area (Å²) < 4.78 is 10.4. The number of rotatable bonds is 5. The first-order valence-corrected chi connectivity index (χ1v) is 9.08.